The molecular weight excluding hydrogens is 396 g/mol. The molecule has 0 saturated carbocycles. The third kappa shape index (κ3) is 5.28. The van der Waals surface area contributed by atoms with Crippen LogP contribution in [0.25, 0.3) is 0 Å². The molecule has 3 rings (SSSR count). The molecule has 1 fully saturated rings. The maximum absolute atomic E-state index is 12.1. The number of hydrogen-bond acceptors (Lipinski definition) is 5. The molecule has 1 aliphatic heterocycles. The Balaban J connectivity index is 1.88. The highest BCUT2D eigenvalue weighted by Crippen LogP contribution is 2.36. The van der Waals surface area contributed by atoms with Crippen molar-refractivity contribution in [2.24, 2.45) is 0 Å². The van der Waals surface area contributed by atoms with E-state index in [2.05, 4.69) is 11.0 Å². The van der Waals surface area contributed by atoms with Gasteiger partial charge >= 0.3 is 0 Å². The van der Waals surface area contributed by atoms with Crippen LogP contribution in [0.5, 0.6) is 0 Å². The van der Waals surface area contributed by atoms with Gasteiger partial charge in [0.1, 0.15) is 5.41 Å². The van der Waals surface area contributed by atoms with Gasteiger partial charge < -0.3 is 4.74 Å². The predicted molar refractivity (Wildman–Crippen MR) is 119 cm³/mol. The number of ether oxygens (including phenoxy) is 1. The lowest BCUT2D eigenvalue weighted by molar-refractivity contribution is 0.151. The zero-order chi connectivity index (χ0) is 21.5. The van der Waals surface area contributed by atoms with E-state index in [0.717, 1.165) is 24.1 Å². The van der Waals surface area contributed by atoms with Gasteiger partial charge in [-0.15, -0.1) is 0 Å². The Bertz CT molecular complexity index is 900. The summed E-state index contributed by atoms with van der Waals surface area (Å²) in [4.78, 5) is 2.25. The molecule has 30 heavy (non-hydrogen) atoms. The number of nitrogens with zero attached hydrogens (tertiary/aromatic N) is 2. The molecule has 0 radical (unpaired) electrons. The minimum absolute atomic E-state index is 0.00907. The highest BCUT2D eigenvalue weighted by Gasteiger charge is 2.37. The molecule has 1 heterocycles. The standard InChI is InChI=1S/C24H30N2O3S/c1-29-17-8-15-26(23-13-18-30(27,28)19-23)16-14-24(20-25,21-9-4-2-5-10-21)22-11-6-3-7-12-22/h2-7,9-12,23H,8,13-19H2,1H3. The number of benzene rings is 2. The summed E-state index contributed by atoms with van der Waals surface area (Å²) in [7, 11) is -1.30. The van der Waals surface area contributed by atoms with Crippen LogP contribution in [0.2, 0.25) is 0 Å². The van der Waals surface area contributed by atoms with Gasteiger partial charge in [0.15, 0.2) is 9.84 Å². The van der Waals surface area contributed by atoms with Crippen LogP contribution >= 0.6 is 0 Å². The summed E-state index contributed by atoms with van der Waals surface area (Å²) in [6, 6.07) is 22.4. The van der Waals surface area contributed by atoms with E-state index in [4.69, 9.17) is 4.74 Å². The summed E-state index contributed by atoms with van der Waals surface area (Å²) in [5.41, 5.74) is 1.16. The zero-order valence-electron chi connectivity index (χ0n) is 17.5. The smallest absolute Gasteiger partial charge is 0.151 e. The second-order valence-electron chi connectivity index (χ2n) is 7.94. The Labute approximate surface area is 180 Å². The van der Waals surface area contributed by atoms with Crippen molar-refractivity contribution in [2.45, 2.75) is 30.7 Å². The number of hydrogen-bond donors (Lipinski definition) is 0. The Morgan fingerprint density at radius 2 is 1.67 bits per heavy atom. The van der Waals surface area contributed by atoms with Crippen molar-refractivity contribution in [1.82, 2.24) is 4.90 Å². The van der Waals surface area contributed by atoms with Gasteiger partial charge in [-0.25, -0.2) is 8.42 Å². The van der Waals surface area contributed by atoms with Crippen molar-refractivity contribution >= 4 is 9.84 Å². The number of sulfone groups is 1. The summed E-state index contributed by atoms with van der Waals surface area (Å²) in [6.07, 6.45) is 2.09. The van der Waals surface area contributed by atoms with E-state index in [1.54, 1.807) is 7.11 Å². The largest absolute Gasteiger partial charge is 0.385 e. The normalized spacial score (nSPS) is 18.4. The first kappa shape index (κ1) is 22.5. The Hall–Kier alpha value is -2.20. The van der Waals surface area contributed by atoms with Crippen LogP contribution in [0.1, 0.15) is 30.4 Å². The molecule has 6 heteroatoms. The Morgan fingerprint density at radius 1 is 1.07 bits per heavy atom. The molecule has 0 spiro atoms. The second-order valence-corrected chi connectivity index (χ2v) is 10.2. The van der Waals surface area contributed by atoms with Crippen molar-refractivity contribution < 1.29 is 13.2 Å². The van der Waals surface area contributed by atoms with Gasteiger partial charge in [-0.1, -0.05) is 60.7 Å². The average Bonchev–Trinajstić information content (AvgIpc) is 3.14. The number of rotatable bonds is 10. The molecule has 1 atom stereocenters. The SMILES string of the molecule is COCCCN(CCC(C#N)(c1ccccc1)c1ccccc1)C1CCS(=O)(=O)C1. The lowest BCUT2D eigenvalue weighted by Gasteiger charge is -2.34. The Morgan fingerprint density at radius 3 is 2.13 bits per heavy atom. The molecule has 0 amide bonds. The highest BCUT2D eigenvalue weighted by molar-refractivity contribution is 7.91. The third-order valence-electron chi connectivity index (χ3n) is 6.02. The van der Waals surface area contributed by atoms with E-state index < -0.39 is 15.3 Å². The molecule has 2 aromatic rings. The van der Waals surface area contributed by atoms with Crippen molar-refractivity contribution in [3.8, 4) is 6.07 Å². The van der Waals surface area contributed by atoms with E-state index in [1.807, 2.05) is 60.7 Å². The van der Waals surface area contributed by atoms with Gasteiger partial charge in [0, 0.05) is 32.8 Å². The minimum Gasteiger partial charge on any atom is -0.385 e. The van der Waals surface area contributed by atoms with Gasteiger partial charge in [-0.2, -0.15) is 5.26 Å². The first-order chi connectivity index (χ1) is 14.5. The van der Waals surface area contributed by atoms with E-state index in [9.17, 15) is 13.7 Å². The van der Waals surface area contributed by atoms with Crippen molar-refractivity contribution in [1.29, 1.82) is 5.26 Å². The monoisotopic (exact) mass is 426 g/mol. The maximum atomic E-state index is 12.1. The molecule has 0 N–H and O–H groups in total. The fourth-order valence-corrected chi connectivity index (χ4v) is 6.11. The first-order valence-electron chi connectivity index (χ1n) is 10.5. The molecule has 0 aromatic heterocycles. The molecule has 5 nitrogen and oxygen atoms in total. The number of methoxy groups -OCH3 is 1. The van der Waals surface area contributed by atoms with Gasteiger partial charge in [0.05, 0.1) is 17.6 Å². The molecule has 2 aromatic carbocycles. The average molecular weight is 427 g/mol. The molecule has 1 unspecified atom stereocenters. The van der Waals surface area contributed by atoms with Gasteiger partial charge in [0.2, 0.25) is 0 Å². The summed E-state index contributed by atoms with van der Waals surface area (Å²) >= 11 is 0. The van der Waals surface area contributed by atoms with Crippen LogP contribution in [-0.2, 0) is 20.0 Å². The Kier molecular flexibility index (Phi) is 7.65. The van der Waals surface area contributed by atoms with E-state index in [1.165, 1.54) is 0 Å². The highest BCUT2D eigenvalue weighted by atomic mass is 32.2. The van der Waals surface area contributed by atoms with Gasteiger partial charge in [0.25, 0.3) is 0 Å². The van der Waals surface area contributed by atoms with Crippen molar-refractivity contribution in [3.63, 3.8) is 0 Å². The molecule has 160 valence electrons. The summed E-state index contributed by atoms with van der Waals surface area (Å²) in [5.74, 6) is 0.454. The summed E-state index contributed by atoms with van der Waals surface area (Å²) in [6.45, 7) is 2.05. The lowest BCUT2D eigenvalue weighted by Crippen LogP contribution is -2.41. The maximum Gasteiger partial charge on any atom is 0.151 e. The van der Waals surface area contributed by atoms with Crippen LogP contribution in [0.3, 0.4) is 0 Å². The van der Waals surface area contributed by atoms with E-state index in [-0.39, 0.29) is 17.5 Å². The summed E-state index contributed by atoms with van der Waals surface area (Å²) in [5, 5.41) is 10.4. The molecule has 0 aliphatic carbocycles. The summed E-state index contributed by atoms with van der Waals surface area (Å²) < 4.78 is 29.3. The van der Waals surface area contributed by atoms with Crippen LogP contribution in [0.4, 0.5) is 0 Å². The quantitative estimate of drug-likeness (QED) is 0.545. The van der Waals surface area contributed by atoms with Crippen LogP contribution in [0.15, 0.2) is 60.7 Å². The molecule has 1 aliphatic rings. The molecule has 0 bridgehead atoms. The zero-order valence-corrected chi connectivity index (χ0v) is 18.4. The lowest BCUT2D eigenvalue weighted by atomic mass is 9.73. The van der Waals surface area contributed by atoms with Crippen molar-refractivity contribution in [2.75, 3.05) is 38.3 Å². The topological polar surface area (TPSA) is 70.4 Å². The number of nitriles is 1. The van der Waals surface area contributed by atoms with Crippen molar-refractivity contribution in [3.05, 3.63) is 71.8 Å². The fourth-order valence-electron chi connectivity index (χ4n) is 4.35. The predicted octanol–water partition coefficient (Wildman–Crippen LogP) is 3.41. The van der Waals surface area contributed by atoms with E-state index in [0.29, 0.717) is 26.0 Å². The second kappa shape index (κ2) is 10.2. The minimum atomic E-state index is -2.97. The van der Waals surface area contributed by atoms with Crippen LogP contribution < -0.4 is 0 Å². The van der Waals surface area contributed by atoms with Gasteiger partial charge in [-0.05, 0) is 30.4 Å². The van der Waals surface area contributed by atoms with E-state index >= 15 is 0 Å². The third-order valence-corrected chi connectivity index (χ3v) is 7.77. The molecular formula is C24H30N2O3S. The first-order valence-corrected chi connectivity index (χ1v) is 12.3. The van der Waals surface area contributed by atoms with Crippen LogP contribution in [0, 0.1) is 11.3 Å². The van der Waals surface area contributed by atoms with Crippen LogP contribution in [-0.4, -0.2) is 57.7 Å². The van der Waals surface area contributed by atoms with Gasteiger partial charge in [-0.3, -0.25) is 4.90 Å². The molecule has 1 saturated heterocycles. The fraction of sp³-hybridized carbons (Fsp3) is 0.458.